The number of rotatable bonds is 3. The van der Waals surface area contributed by atoms with E-state index in [4.69, 9.17) is 11.6 Å². The molecule has 0 amide bonds. The third-order valence-corrected chi connectivity index (χ3v) is 3.30. The van der Waals surface area contributed by atoms with E-state index in [1.165, 1.54) is 4.68 Å². The fourth-order valence-corrected chi connectivity index (χ4v) is 2.03. The molecule has 1 N–H and O–H groups in total. The van der Waals surface area contributed by atoms with E-state index in [-0.39, 0.29) is 16.6 Å². The molecule has 0 saturated heterocycles. The van der Waals surface area contributed by atoms with Crippen LogP contribution in [-0.4, -0.2) is 14.5 Å². The summed E-state index contributed by atoms with van der Waals surface area (Å²) in [5.41, 5.74) is 5.38. The first-order valence-corrected chi connectivity index (χ1v) is 6.49. The summed E-state index contributed by atoms with van der Waals surface area (Å²) in [6.07, 6.45) is 1.57. The zero-order valence-electron chi connectivity index (χ0n) is 11.4. The molecule has 0 saturated carbocycles. The summed E-state index contributed by atoms with van der Waals surface area (Å²) in [6.45, 7) is 7.71. The van der Waals surface area contributed by atoms with Crippen molar-refractivity contribution >= 4 is 17.3 Å². The fourth-order valence-electron chi connectivity index (χ4n) is 1.86. The molecular formula is C13H17ClN4O. The Hall–Kier alpha value is -1.75. The molecule has 2 aromatic rings. The largest absolute Gasteiger partial charge is 0.291 e. The van der Waals surface area contributed by atoms with Crippen molar-refractivity contribution in [1.29, 1.82) is 0 Å². The Morgan fingerprint density at radius 3 is 2.37 bits per heavy atom. The lowest BCUT2D eigenvalue weighted by Gasteiger charge is -2.15. The molecule has 19 heavy (non-hydrogen) atoms. The fraction of sp³-hybridized carbons (Fsp3) is 0.385. The van der Waals surface area contributed by atoms with Gasteiger partial charge in [-0.1, -0.05) is 11.6 Å². The smallest absolute Gasteiger partial charge is 0.287 e. The lowest BCUT2D eigenvalue weighted by Crippen LogP contribution is -2.26. The van der Waals surface area contributed by atoms with Crippen LogP contribution < -0.4 is 11.0 Å². The normalized spacial score (nSPS) is 11.1. The van der Waals surface area contributed by atoms with Gasteiger partial charge in [0.1, 0.15) is 5.02 Å². The van der Waals surface area contributed by atoms with E-state index in [1.54, 1.807) is 6.20 Å². The Labute approximate surface area is 116 Å². The van der Waals surface area contributed by atoms with Gasteiger partial charge in [0.15, 0.2) is 0 Å². The van der Waals surface area contributed by atoms with Gasteiger partial charge in [0.25, 0.3) is 5.56 Å². The second kappa shape index (κ2) is 5.09. The van der Waals surface area contributed by atoms with E-state index in [1.807, 2.05) is 44.5 Å². The van der Waals surface area contributed by atoms with Crippen molar-refractivity contribution in [2.45, 2.75) is 33.7 Å². The Balaban J connectivity index is 2.43. The summed E-state index contributed by atoms with van der Waals surface area (Å²) in [5, 5.41) is 4.27. The highest BCUT2D eigenvalue weighted by Gasteiger charge is 2.12. The van der Waals surface area contributed by atoms with Gasteiger partial charge in [0, 0.05) is 11.4 Å². The first-order valence-electron chi connectivity index (χ1n) is 6.11. The zero-order chi connectivity index (χ0) is 14.2. The summed E-state index contributed by atoms with van der Waals surface area (Å²) in [7, 11) is 0. The summed E-state index contributed by atoms with van der Waals surface area (Å²) in [6, 6.07) is 3.95. The van der Waals surface area contributed by atoms with Gasteiger partial charge in [-0.25, -0.2) is 4.68 Å². The molecule has 2 heterocycles. The van der Waals surface area contributed by atoms with Gasteiger partial charge in [-0.15, -0.1) is 0 Å². The van der Waals surface area contributed by atoms with Crippen LogP contribution in [0.2, 0.25) is 5.02 Å². The van der Waals surface area contributed by atoms with Crippen LogP contribution in [0.5, 0.6) is 0 Å². The Morgan fingerprint density at radius 1 is 1.26 bits per heavy atom. The van der Waals surface area contributed by atoms with Crippen LogP contribution in [0.15, 0.2) is 23.1 Å². The number of aryl methyl sites for hydroxylation is 2. The lowest BCUT2D eigenvalue weighted by atomic mass is 10.4. The summed E-state index contributed by atoms with van der Waals surface area (Å²) < 4.78 is 3.23. The minimum absolute atomic E-state index is 0.0194. The molecule has 0 fully saturated rings. The summed E-state index contributed by atoms with van der Waals surface area (Å²) in [4.78, 5) is 12.0. The average Bonchev–Trinajstić information content (AvgIpc) is 2.66. The van der Waals surface area contributed by atoms with Gasteiger partial charge in [0.05, 0.1) is 17.9 Å². The van der Waals surface area contributed by atoms with E-state index in [9.17, 15) is 4.79 Å². The van der Waals surface area contributed by atoms with Crippen molar-refractivity contribution in [2.75, 3.05) is 5.43 Å². The molecule has 0 atom stereocenters. The van der Waals surface area contributed by atoms with E-state index < -0.39 is 0 Å². The highest BCUT2D eigenvalue weighted by atomic mass is 35.5. The summed E-state index contributed by atoms with van der Waals surface area (Å²) >= 11 is 6.11. The maximum Gasteiger partial charge on any atom is 0.287 e. The number of halogens is 1. The first kappa shape index (κ1) is 13.7. The van der Waals surface area contributed by atoms with Gasteiger partial charge in [-0.2, -0.15) is 5.10 Å². The van der Waals surface area contributed by atoms with E-state index in [2.05, 4.69) is 10.5 Å². The minimum atomic E-state index is -0.288. The van der Waals surface area contributed by atoms with Crippen LogP contribution in [0.4, 0.5) is 5.69 Å². The molecule has 6 heteroatoms. The molecule has 0 aromatic carbocycles. The molecule has 102 valence electrons. The molecule has 0 spiro atoms. The number of nitrogens with zero attached hydrogens (tertiary/aromatic N) is 3. The monoisotopic (exact) mass is 280 g/mol. The van der Waals surface area contributed by atoms with Gasteiger partial charge in [0.2, 0.25) is 0 Å². The van der Waals surface area contributed by atoms with Crippen molar-refractivity contribution in [1.82, 2.24) is 14.5 Å². The van der Waals surface area contributed by atoms with Crippen molar-refractivity contribution in [3.8, 4) is 0 Å². The predicted octanol–water partition coefficient (Wildman–Crippen LogP) is 2.77. The standard InChI is InChI=1S/C13H17ClN4O/c1-8(2)17-13(19)12(14)11(7-15-17)16-18-9(3)5-6-10(18)4/h5-8,16H,1-4H3. The molecule has 0 aliphatic heterocycles. The molecule has 5 nitrogen and oxygen atoms in total. The van der Waals surface area contributed by atoms with Crippen LogP contribution in [0.25, 0.3) is 0 Å². The number of hydrogen-bond acceptors (Lipinski definition) is 3. The maximum absolute atomic E-state index is 12.0. The van der Waals surface area contributed by atoms with E-state index in [0.29, 0.717) is 5.69 Å². The topological polar surface area (TPSA) is 51.9 Å². The SMILES string of the molecule is Cc1ccc(C)n1Nc1cnn(C(C)C)c(=O)c1Cl. The maximum atomic E-state index is 12.0. The third-order valence-electron chi connectivity index (χ3n) is 2.94. The minimum Gasteiger partial charge on any atom is -0.291 e. The molecule has 0 unspecified atom stereocenters. The van der Waals surface area contributed by atoms with E-state index in [0.717, 1.165) is 11.4 Å². The van der Waals surface area contributed by atoms with Gasteiger partial charge in [-0.05, 0) is 39.8 Å². The van der Waals surface area contributed by atoms with Gasteiger partial charge in [-0.3, -0.25) is 14.9 Å². The van der Waals surface area contributed by atoms with Crippen molar-refractivity contribution in [3.05, 3.63) is 45.1 Å². The second-order valence-electron chi connectivity index (χ2n) is 4.78. The molecule has 0 radical (unpaired) electrons. The van der Waals surface area contributed by atoms with E-state index >= 15 is 0 Å². The average molecular weight is 281 g/mol. The van der Waals surface area contributed by atoms with Crippen LogP contribution >= 0.6 is 11.6 Å². The van der Waals surface area contributed by atoms with Crippen molar-refractivity contribution in [3.63, 3.8) is 0 Å². The molecule has 0 aliphatic carbocycles. The molecule has 0 aliphatic rings. The zero-order valence-corrected chi connectivity index (χ0v) is 12.2. The quantitative estimate of drug-likeness (QED) is 0.940. The Bertz CT molecular complexity index is 638. The van der Waals surface area contributed by atoms with Crippen LogP contribution in [0, 0.1) is 13.8 Å². The number of nitrogens with one attached hydrogen (secondary N) is 1. The highest BCUT2D eigenvalue weighted by molar-refractivity contribution is 6.32. The van der Waals surface area contributed by atoms with Crippen LogP contribution in [0.1, 0.15) is 31.3 Å². The highest BCUT2D eigenvalue weighted by Crippen LogP contribution is 2.18. The third kappa shape index (κ3) is 2.51. The Morgan fingerprint density at radius 2 is 1.84 bits per heavy atom. The summed E-state index contributed by atoms with van der Waals surface area (Å²) in [5.74, 6) is 0. The first-order chi connectivity index (χ1) is 8.91. The lowest BCUT2D eigenvalue weighted by molar-refractivity contribution is 0.503. The van der Waals surface area contributed by atoms with Crippen molar-refractivity contribution < 1.29 is 0 Å². The Kier molecular flexibility index (Phi) is 3.66. The van der Waals surface area contributed by atoms with Crippen LogP contribution in [0.3, 0.4) is 0 Å². The molecule has 2 aromatic heterocycles. The predicted molar refractivity (Wildman–Crippen MR) is 76.8 cm³/mol. The number of aromatic nitrogens is 3. The second-order valence-corrected chi connectivity index (χ2v) is 5.16. The van der Waals surface area contributed by atoms with Crippen molar-refractivity contribution in [2.24, 2.45) is 0 Å². The van der Waals surface area contributed by atoms with Gasteiger partial charge < -0.3 is 0 Å². The number of hydrogen-bond donors (Lipinski definition) is 1. The molecule has 2 rings (SSSR count). The number of anilines is 1. The molecule has 0 bridgehead atoms. The van der Waals surface area contributed by atoms with Gasteiger partial charge >= 0.3 is 0 Å². The van der Waals surface area contributed by atoms with Crippen LogP contribution in [-0.2, 0) is 0 Å². The molecular weight excluding hydrogens is 264 g/mol.